The average Bonchev–Trinajstić information content (AvgIpc) is 2.80. The van der Waals surface area contributed by atoms with Gasteiger partial charge in [0.1, 0.15) is 17.5 Å². The average molecular weight is 312 g/mol. The molecule has 120 valence electrons. The zero-order chi connectivity index (χ0) is 17.0. The highest BCUT2D eigenvalue weighted by atomic mass is 16.2. The molecule has 1 aliphatic heterocycles. The van der Waals surface area contributed by atoms with Crippen LogP contribution in [0.3, 0.4) is 0 Å². The van der Waals surface area contributed by atoms with Crippen LogP contribution < -0.4 is 15.1 Å². The van der Waals surface area contributed by atoms with Crippen LogP contribution in [0.2, 0.25) is 0 Å². The van der Waals surface area contributed by atoms with Crippen molar-refractivity contribution in [1.29, 1.82) is 5.26 Å². The molecule has 1 aromatic rings. The third kappa shape index (κ3) is 3.19. The zero-order valence-corrected chi connectivity index (χ0v) is 13.6. The molecule has 1 amide bonds. The Labute approximate surface area is 136 Å². The van der Waals surface area contributed by atoms with Crippen LogP contribution in [0.25, 0.3) is 0 Å². The molecular weight excluding hydrogens is 292 g/mol. The summed E-state index contributed by atoms with van der Waals surface area (Å²) in [7, 11) is 3.65. The number of Topliss-reactive ketones (excluding diaryl/α,β-unsaturated/α-hetero) is 1. The minimum absolute atomic E-state index is 0.0241. The van der Waals surface area contributed by atoms with Crippen molar-refractivity contribution in [3.05, 3.63) is 35.7 Å². The molecule has 0 saturated carbocycles. The Bertz CT molecular complexity index is 672. The maximum Gasteiger partial charge on any atom is 0.220 e. The number of nitrogens with zero attached hydrogens (tertiary/aromatic N) is 3. The fraction of sp³-hybridized carbons (Fsp3) is 0.353. The molecule has 1 aliphatic rings. The lowest BCUT2D eigenvalue weighted by molar-refractivity contribution is -0.124. The topological polar surface area (TPSA) is 76.4 Å². The molecule has 2 rings (SSSR count). The highest BCUT2D eigenvalue weighted by Crippen LogP contribution is 2.40. The summed E-state index contributed by atoms with van der Waals surface area (Å²) in [6.45, 7) is 2.35. The van der Waals surface area contributed by atoms with Crippen LogP contribution in [-0.2, 0) is 9.59 Å². The molecule has 1 N–H and O–H groups in total. The second-order valence-electron chi connectivity index (χ2n) is 5.29. The van der Waals surface area contributed by atoms with Gasteiger partial charge in [0.2, 0.25) is 5.91 Å². The molecule has 1 aromatic carbocycles. The Morgan fingerprint density at radius 1 is 1.13 bits per heavy atom. The van der Waals surface area contributed by atoms with E-state index < -0.39 is 0 Å². The molecular formula is C17H20N4O2. The molecule has 23 heavy (non-hydrogen) atoms. The minimum Gasteiger partial charge on any atom is -0.356 e. The number of fused-ring (bicyclic) bond motifs is 1. The molecule has 0 bridgehead atoms. The van der Waals surface area contributed by atoms with E-state index in [0.29, 0.717) is 12.4 Å². The molecule has 0 radical (unpaired) electrons. The number of nitrogens with one attached hydrogen (secondary N) is 1. The van der Waals surface area contributed by atoms with Gasteiger partial charge in [-0.3, -0.25) is 9.59 Å². The van der Waals surface area contributed by atoms with E-state index in [1.54, 1.807) is 0 Å². The number of ketones is 1. The van der Waals surface area contributed by atoms with E-state index in [1.807, 2.05) is 61.2 Å². The van der Waals surface area contributed by atoms with Crippen molar-refractivity contribution in [2.24, 2.45) is 0 Å². The molecule has 0 atom stereocenters. The second kappa shape index (κ2) is 6.97. The van der Waals surface area contributed by atoms with E-state index in [4.69, 9.17) is 0 Å². The molecule has 0 aliphatic carbocycles. The molecule has 6 heteroatoms. The molecule has 0 unspecified atom stereocenters. The summed E-state index contributed by atoms with van der Waals surface area (Å²) in [6, 6.07) is 9.71. The van der Waals surface area contributed by atoms with Gasteiger partial charge in [0.05, 0.1) is 11.4 Å². The highest BCUT2D eigenvalue weighted by molar-refractivity contribution is 6.03. The van der Waals surface area contributed by atoms with E-state index in [0.717, 1.165) is 11.4 Å². The number of amides is 1. The van der Waals surface area contributed by atoms with Gasteiger partial charge in [-0.1, -0.05) is 12.1 Å². The number of rotatable bonds is 5. The smallest absolute Gasteiger partial charge is 0.220 e. The van der Waals surface area contributed by atoms with Crippen molar-refractivity contribution in [3.63, 3.8) is 0 Å². The lowest BCUT2D eigenvalue weighted by atomic mass is 10.1. The van der Waals surface area contributed by atoms with Gasteiger partial charge >= 0.3 is 0 Å². The van der Waals surface area contributed by atoms with Gasteiger partial charge in [-0.25, -0.2) is 0 Å². The van der Waals surface area contributed by atoms with Crippen molar-refractivity contribution in [2.45, 2.75) is 19.8 Å². The minimum atomic E-state index is -0.319. The number of carbonyl (C=O) groups is 2. The Kier molecular flexibility index (Phi) is 5.02. The summed E-state index contributed by atoms with van der Waals surface area (Å²) in [6.07, 6.45) is 0.113. The number of anilines is 2. The molecule has 6 nitrogen and oxygen atoms in total. The van der Waals surface area contributed by atoms with Crippen molar-refractivity contribution in [1.82, 2.24) is 5.32 Å². The van der Waals surface area contributed by atoms with Crippen LogP contribution in [0.1, 0.15) is 19.8 Å². The first kappa shape index (κ1) is 16.6. The molecule has 0 fully saturated rings. The number of hydrogen-bond donors (Lipinski definition) is 1. The first-order valence-corrected chi connectivity index (χ1v) is 7.52. The van der Waals surface area contributed by atoms with Gasteiger partial charge in [0.15, 0.2) is 5.78 Å². The summed E-state index contributed by atoms with van der Waals surface area (Å²) < 4.78 is 0. The van der Waals surface area contributed by atoms with E-state index in [2.05, 4.69) is 5.32 Å². The summed E-state index contributed by atoms with van der Waals surface area (Å²) in [5.41, 5.74) is 1.96. The van der Waals surface area contributed by atoms with Crippen molar-refractivity contribution in [3.8, 4) is 6.07 Å². The molecule has 0 aromatic heterocycles. The first-order chi connectivity index (χ1) is 11.0. The van der Waals surface area contributed by atoms with Gasteiger partial charge in [-0.05, 0) is 19.1 Å². The second-order valence-corrected chi connectivity index (χ2v) is 5.29. The van der Waals surface area contributed by atoms with E-state index in [-0.39, 0.29) is 30.1 Å². The number of hydrogen-bond acceptors (Lipinski definition) is 5. The van der Waals surface area contributed by atoms with Gasteiger partial charge < -0.3 is 15.1 Å². The highest BCUT2D eigenvalue weighted by Gasteiger charge is 2.31. The van der Waals surface area contributed by atoms with Gasteiger partial charge in [0.25, 0.3) is 0 Å². The summed E-state index contributed by atoms with van der Waals surface area (Å²) >= 11 is 0. The quantitative estimate of drug-likeness (QED) is 0.662. The normalized spacial score (nSPS) is 12.7. The number of para-hydroxylation sites is 2. The monoisotopic (exact) mass is 312 g/mol. The van der Waals surface area contributed by atoms with Crippen LogP contribution in [0.5, 0.6) is 0 Å². The largest absolute Gasteiger partial charge is 0.356 e. The summed E-state index contributed by atoms with van der Waals surface area (Å²) in [5.74, 6) is 0.0504. The Hall–Kier alpha value is -2.81. The van der Waals surface area contributed by atoms with Crippen LogP contribution >= 0.6 is 0 Å². The van der Waals surface area contributed by atoms with Crippen LogP contribution in [-0.4, -0.2) is 32.3 Å². The van der Waals surface area contributed by atoms with Gasteiger partial charge in [0, 0.05) is 33.5 Å². The molecule has 1 heterocycles. The van der Waals surface area contributed by atoms with Gasteiger partial charge in [-0.2, -0.15) is 5.26 Å². The fourth-order valence-corrected chi connectivity index (χ4v) is 2.69. The van der Waals surface area contributed by atoms with E-state index >= 15 is 0 Å². The Balaban J connectivity index is 2.26. The standard InChI is InChI=1S/C17H20N4O2/c1-4-19-16(23)10-9-15(22)12(11-18)17-20(2)13-7-5-6-8-14(13)21(17)3/h5-8H,4,9-10H2,1-3H3,(H,19,23). The maximum absolute atomic E-state index is 12.4. The van der Waals surface area contributed by atoms with Crippen LogP contribution in [0, 0.1) is 11.3 Å². The van der Waals surface area contributed by atoms with Crippen molar-refractivity contribution >= 4 is 23.1 Å². The zero-order valence-electron chi connectivity index (χ0n) is 13.6. The van der Waals surface area contributed by atoms with Gasteiger partial charge in [-0.15, -0.1) is 0 Å². The predicted octanol–water partition coefficient (Wildman–Crippen LogP) is 1.79. The lowest BCUT2D eigenvalue weighted by Crippen LogP contribution is -2.27. The first-order valence-electron chi connectivity index (χ1n) is 7.52. The van der Waals surface area contributed by atoms with Crippen LogP contribution in [0.4, 0.5) is 11.4 Å². The van der Waals surface area contributed by atoms with Crippen molar-refractivity contribution < 1.29 is 9.59 Å². The number of carbonyl (C=O) groups excluding carboxylic acids is 2. The SMILES string of the molecule is CCNC(=O)CCC(=O)C(C#N)=C1N(C)c2ccccc2N1C. The third-order valence-electron chi connectivity index (χ3n) is 3.81. The van der Waals surface area contributed by atoms with E-state index in [1.165, 1.54) is 0 Å². The lowest BCUT2D eigenvalue weighted by Gasteiger charge is -2.19. The van der Waals surface area contributed by atoms with Crippen LogP contribution in [0.15, 0.2) is 35.7 Å². The van der Waals surface area contributed by atoms with Crippen molar-refractivity contribution in [2.75, 3.05) is 30.4 Å². The fourth-order valence-electron chi connectivity index (χ4n) is 2.69. The summed E-state index contributed by atoms with van der Waals surface area (Å²) in [5, 5.41) is 12.1. The molecule has 0 saturated heterocycles. The van der Waals surface area contributed by atoms with E-state index in [9.17, 15) is 14.9 Å². The number of nitriles is 1. The Morgan fingerprint density at radius 2 is 1.70 bits per heavy atom. The number of benzene rings is 1. The Morgan fingerprint density at radius 3 is 2.17 bits per heavy atom. The maximum atomic E-state index is 12.4. The molecule has 0 spiro atoms. The predicted molar refractivity (Wildman–Crippen MR) is 88.8 cm³/mol. The summed E-state index contributed by atoms with van der Waals surface area (Å²) in [4.78, 5) is 27.6. The third-order valence-corrected chi connectivity index (χ3v) is 3.81. The number of allylic oxidation sites excluding steroid dienone is 1.